The van der Waals surface area contributed by atoms with Crippen LogP contribution in [0.5, 0.6) is 0 Å². The number of carbonyl (C=O) groups is 3. The fourth-order valence-electron chi connectivity index (χ4n) is 5.30. The molecular formula is C29H36N4O3. The SMILES string of the molecule is CCCN1c2cc(C)c(/C=C3/NC(=O)N(CC(=O)Nc4ccc(C)cc4)C3=O)cc2C(C)CC1(C)C. The van der Waals surface area contributed by atoms with Gasteiger partial charge in [-0.25, -0.2) is 9.69 Å². The molecule has 190 valence electrons. The van der Waals surface area contributed by atoms with Crippen LogP contribution in [0.2, 0.25) is 0 Å². The molecule has 2 N–H and O–H groups in total. The Morgan fingerprint density at radius 1 is 1.17 bits per heavy atom. The molecule has 0 saturated carbocycles. The van der Waals surface area contributed by atoms with Crippen molar-refractivity contribution in [1.29, 1.82) is 0 Å². The van der Waals surface area contributed by atoms with Crippen molar-refractivity contribution in [2.45, 2.75) is 65.8 Å². The van der Waals surface area contributed by atoms with E-state index in [0.29, 0.717) is 11.6 Å². The second-order valence-electron chi connectivity index (χ2n) is 10.6. The fraction of sp³-hybridized carbons (Fsp3) is 0.414. The number of nitrogens with one attached hydrogen (secondary N) is 2. The number of imide groups is 1. The minimum atomic E-state index is -0.592. The number of hydrogen-bond donors (Lipinski definition) is 2. The average Bonchev–Trinajstić information content (AvgIpc) is 3.06. The van der Waals surface area contributed by atoms with Crippen molar-refractivity contribution in [2.24, 2.45) is 0 Å². The van der Waals surface area contributed by atoms with Crippen LogP contribution in [-0.2, 0) is 9.59 Å². The number of benzene rings is 2. The van der Waals surface area contributed by atoms with E-state index in [1.807, 2.05) is 26.0 Å². The minimum Gasteiger partial charge on any atom is -0.366 e. The van der Waals surface area contributed by atoms with Crippen molar-refractivity contribution in [2.75, 3.05) is 23.3 Å². The summed E-state index contributed by atoms with van der Waals surface area (Å²) >= 11 is 0. The maximum Gasteiger partial charge on any atom is 0.329 e. The summed E-state index contributed by atoms with van der Waals surface area (Å²) in [5.74, 6) is -0.560. The summed E-state index contributed by atoms with van der Waals surface area (Å²) in [5.41, 5.74) is 6.38. The highest BCUT2D eigenvalue weighted by Gasteiger charge is 2.37. The molecule has 0 aliphatic carbocycles. The second kappa shape index (κ2) is 9.80. The zero-order valence-corrected chi connectivity index (χ0v) is 22.1. The lowest BCUT2D eigenvalue weighted by Gasteiger charge is -2.48. The van der Waals surface area contributed by atoms with Crippen LogP contribution in [0.1, 0.15) is 68.7 Å². The summed E-state index contributed by atoms with van der Waals surface area (Å²) in [5, 5.41) is 5.38. The van der Waals surface area contributed by atoms with Crippen LogP contribution < -0.4 is 15.5 Å². The molecule has 1 unspecified atom stereocenters. The van der Waals surface area contributed by atoms with Gasteiger partial charge in [-0.2, -0.15) is 0 Å². The van der Waals surface area contributed by atoms with Gasteiger partial charge < -0.3 is 15.5 Å². The van der Waals surface area contributed by atoms with Gasteiger partial charge in [-0.1, -0.05) is 31.5 Å². The van der Waals surface area contributed by atoms with E-state index in [1.54, 1.807) is 18.2 Å². The Morgan fingerprint density at radius 2 is 1.86 bits per heavy atom. The van der Waals surface area contributed by atoms with Gasteiger partial charge in [0, 0.05) is 23.5 Å². The molecule has 1 fully saturated rings. The number of nitrogens with zero attached hydrogens (tertiary/aromatic N) is 2. The van der Waals surface area contributed by atoms with E-state index in [9.17, 15) is 14.4 Å². The van der Waals surface area contributed by atoms with Gasteiger partial charge in [-0.15, -0.1) is 0 Å². The van der Waals surface area contributed by atoms with Gasteiger partial charge in [0.1, 0.15) is 12.2 Å². The molecule has 0 radical (unpaired) electrons. The van der Waals surface area contributed by atoms with E-state index < -0.39 is 17.8 Å². The average molecular weight is 489 g/mol. The Bertz CT molecular complexity index is 1230. The summed E-state index contributed by atoms with van der Waals surface area (Å²) in [7, 11) is 0. The molecular weight excluding hydrogens is 452 g/mol. The number of hydrogen-bond acceptors (Lipinski definition) is 4. The van der Waals surface area contributed by atoms with Crippen LogP contribution in [-0.4, -0.2) is 41.4 Å². The number of carbonyl (C=O) groups excluding carboxylic acids is 3. The number of aryl methyl sites for hydroxylation is 2. The molecule has 2 aliphatic rings. The molecule has 0 bridgehead atoms. The number of anilines is 2. The highest BCUT2D eigenvalue weighted by Crippen LogP contribution is 2.44. The Kier molecular flexibility index (Phi) is 6.94. The molecule has 7 nitrogen and oxygen atoms in total. The molecule has 1 atom stereocenters. The molecule has 0 aromatic heterocycles. The predicted molar refractivity (Wildman–Crippen MR) is 144 cm³/mol. The van der Waals surface area contributed by atoms with E-state index >= 15 is 0 Å². The molecule has 4 rings (SSSR count). The quantitative estimate of drug-likeness (QED) is 0.425. The lowest BCUT2D eigenvalue weighted by molar-refractivity contribution is -0.127. The molecule has 2 aliphatic heterocycles. The Morgan fingerprint density at radius 3 is 2.53 bits per heavy atom. The topological polar surface area (TPSA) is 81.8 Å². The van der Waals surface area contributed by atoms with E-state index in [4.69, 9.17) is 0 Å². The zero-order chi connectivity index (χ0) is 26.2. The van der Waals surface area contributed by atoms with Crippen LogP contribution in [0, 0.1) is 13.8 Å². The summed E-state index contributed by atoms with van der Waals surface area (Å²) in [6.07, 6.45) is 3.83. The van der Waals surface area contributed by atoms with Gasteiger partial charge in [-0.05, 0) is 93.5 Å². The van der Waals surface area contributed by atoms with Gasteiger partial charge in [0.05, 0.1) is 0 Å². The third-order valence-electron chi connectivity index (χ3n) is 7.12. The highest BCUT2D eigenvalue weighted by molar-refractivity contribution is 6.16. The van der Waals surface area contributed by atoms with E-state index in [0.717, 1.165) is 41.0 Å². The summed E-state index contributed by atoms with van der Waals surface area (Å²) in [4.78, 5) is 41.5. The van der Waals surface area contributed by atoms with Crippen LogP contribution in [0.15, 0.2) is 42.1 Å². The van der Waals surface area contributed by atoms with Gasteiger partial charge >= 0.3 is 6.03 Å². The molecule has 2 heterocycles. The summed E-state index contributed by atoms with van der Waals surface area (Å²) < 4.78 is 0. The van der Waals surface area contributed by atoms with Crippen molar-refractivity contribution < 1.29 is 14.4 Å². The van der Waals surface area contributed by atoms with Crippen LogP contribution in [0.3, 0.4) is 0 Å². The highest BCUT2D eigenvalue weighted by atomic mass is 16.2. The monoisotopic (exact) mass is 488 g/mol. The standard InChI is InChI=1S/C29H36N4O3/c1-7-12-33-25-13-19(3)21(14-23(25)20(4)16-29(33,5)6)15-24-27(35)32(28(36)31-24)17-26(34)30-22-10-8-18(2)9-11-22/h8-11,13-15,20H,7,12,16-17H2,1-6H3,(H,30,34)(H,31,36)/b24-15+. The minimum absolute atomic E-state index is 0.0733. The predicted octanol–water partition coefficient (Wildman–Crippen LogP) is 5.34. The van der Waals surface area contributed by atoms with Crippen molar-refractivity contribution in [3.63, 3.8) is 0 Å². The first-order valence-electron chi connectivity index (χ1n) is 12.6. The normalized spacial score (nSPS) is 19.9. The number of fused-ring (bicyclic) bond motifs is 1. The Hall–Kier alpha value is -3.61. The van der Waals surface area contributed by atoms with E-state index in [-0.39, 0.29) is 17.8 Å². The largest absolute Gasteiger partial charge is 0.366 e. The molecule has 36 heavy (non-hydrogen) atoms. The molecule has 2 aromatic rings. The van der Waals surface area contributed by atoms with E-state index in [1.165, 1.54) is 11.3 Å². The van der Waals surface area contributed by atoms with Crippen molar-refractivity contribution in [1.82, 2.24) is 10.2 Å². The maximum atomic E-state index is 13.0. The Labute approximate surface area is 213 Å². The molecule has 7 heteroatoms. The maximum absolute atomic E-state index is 13.0. The fourth-order valence-corrected chi connectivity index (χ4v) is 5.30. The lowest BCUT2D eigenvalue weighted by atomic mass is 9.79. The molecule has 2 aromatic carbocycles. The zero-order valence-electron chi connectivity index (χ0n) is 22.1. The first kappa shape index (κ1) is 25.5. The van der Waals surface area contributed by atoms with Crippen LogP contribution in [0.4, 0.5) is 16.2 Å². The van der Waals surface area contributed by atoms with Crippen molar-refractivity contribution >= 4 is 35.3 Å². The smallest absolute Gasteiger partial charge is 0.329 e. The number of urea groups is 1. The van der Waals surface area contributed by atoms with Gasteiger partial charge in [0.2, 0.25) is 5.91 Å². The second-order valence-corrected chi connectivity index (χ2v) is 10.6. The third-order valence-corrected chi connectivity index (χ3v) is 7.12. The number of rotatable bonds is 6. The Balaban J connectivity index is 1.55. The molecule has 0 spiro atoms. The van der Waals surface area contributed by atoms with Crippen molar-refractivity contribution in [3.8, 4) is 0 Å². The molecule has 4 amide bonds. The van der Waals surface area contributed by atoms with Gasteiger partial charge in [0.25, 0.3) is 5.91 Å². The third kappa shape index (κ3) is 5.01. The van der Waals surface area contributed by atoms with Crippen LogP contribution in [0.25, 0.3) is 6.08 Å². The summed E-state index contributed by atoms with van der Waals surface area (Å²) in [6.45, 7) is 13.6. The number of amides is 4. The first-order valence-corrected chi connectivity index (χ1v) is 12.6. The lowest BCUT2D eigenvalue weighted by Crippen LogP contribution is -2.48. The first-order chi connectivity index (χ1) is 17.0. The van der Waals surface area contributed by atoms with Gasteiger partial charge in [0.15, 0.2) is 0 Å². The summed E-state index contributed by atoms with van der Waals surface area (Å²) in [6, 6.07) is 11.1. The van der Waals surface area contributed by atoms with Crippen LogP contribution >= 0.6 is 0 Å². The molecule has 1 saturated heterocycles. The van der Waals surface area contributed by atoms with Crippen molar-refractivity contribution in [3.05, 3.63) is 64.3 Å². The van der Waals surface area contributed by atoms with E-state index in [2.05, 4.69) is 55.4 Å². The van der Waals surface area contributed by atoms with Gasteiger partial charge in [-0.3, -0.25) is 9.59 Å².